The van der Waals surface area contributed by atoms with E-state index in [-0.39, 0.29) is 12.2 Å². The normalized spacial score (nSPS) is 25.7. The van der Waals surface area contributed by atoms with Gasteiger partial charge in [-0.3, -0.25) is 0 Å². The van der Waals surface area contributed by atoms with Gasteiger partial charge in [-0.05, 0) is 24.7 Å². The second kappa shape index (κ2) is 5.20. The standard InChI is InChI=1S/C10H19NO3/c1-7(2)6-14-10(13)11-5-8-3-9(12)4-8/h7-9,12H,3-6H2,1-2H3,(H,11,13). The molecule has 1 saturated carbocycles. The van der Waals surface area contributed by atoms with Crippen molar-refractivity contribution in [2.24, 2.45) is 11.8 Å². The number of carbonyl (C=O) groups is 1. The highest BCUT2D eigenvalue weighted by Crippen LogP contribution is 2.25. The Morgan fingerprint density at radius 3 is 2.71 bits per heavy atom. The lowest BCUT2D eigenvalue weighted by Crippen LogP contribution is -2.38. The molecule has 0 unspecified atom stereocenters. The molecule has 0 radical (unpaired) electrons. The monoisotopic (exact) mass is 201 g/mol. The van der Waals surface area contributed by atoms with Crippen LogP contribution in [-0.4, -0.2) is 30.5 Å². The predicted molar refractivity (Wildman–Crippen MR) is 52.9 cm³/mol. The third-order valence-electron chi connectivity index (χ3n) is 2.29. The molecule has 1 amide bonds. The third kappa shape index (κ3) is 3.96. The van der Waals surface area contributed by atoms with Crippen molar-refractivity contribution in [3.8, 4) is 0 Å². The van der Waals surface area contributed by atoms with Crippen LogP contribution in [0.2, 0.25) is 0 Å². The maximum absolute atomic E-state index is 11.1. The molecule has 0 bridgehead atoms. The van der Waals surface area contributed by atoms with Gasteiger partial charge < -0.3 is 15.2 Å². The average Bonchev–Trinajstić information content (AvgIpc) is 2.07. The summed E-state index contributed by atoms with van der Waals surface area (Å²) < 4.78 is 4.94. The first kappa shape index (κ1) is 11.3. The molecular formula is C10H19NO3. The maximum atomic E-state index is 11.1. The SMILES string of the molecule is CC(C)COC(=O)NCC1CC(O)C1. The first-order chi connectivity index (χ1) is 6.58. The summed E-state index contributed by atoms with van der Waals surface area (Å²) >= 11 is 0. The number of hydrogen-bond acceptors (Lipinski definition) is 3. The first-order valence-corrected chi connectivity index (χ1v) is 5.16. The Kier molecular flexibility index (Phi) is 4.20. The largest absolute Gasteiger partial charge is 0.449 e. The Morgan fingerprint density at radius 2 is 2.21 bits per heavy atom. The second-order valence-corrected chi connectivity index (χ2v) is 4.36. The van der Waals surface area contributed by atoms with Gasteiger partial charge in [0.15, 0.2) is 0 Å². The predicted octanol–water partition coefficient (Wildman–Crippen LogP) is 1.14. The Morgan fingerprint density at radius 1 is 1.57 bits per heavy atom. The van der Waals surface area contributed by atoms with Gasteiger partial charge in [-0.25, -0.2) is 4.79 Å². The van der Waals surface area contributed by atoms with Crippen molar-refractivity contribution in [2.75, 3.05) is 13.2 Å². The zero-order valence-corrected chi connectivity index (χ0v) is 8.82. The van der Waals surface area contributed by atoms with Crippen LogP contribution in [0.1, 0.15) is 26.7 Å². The number of nitrogens with one attached hydrogen (secondary N) is 1. The van der Waals surface area contributed by atoms with Gasteiger partial charge >= 0.3 is 6.09 Å². The summed E-state index contributed by atoms with van der Waals surface area (Å²) in [6.07, 6.45) is 1.09. The molecule has 82 valence electrons. The van der Waals surface area contributed by atoms with E-state index >= 15 is 0 Å². The van der Waals surface area contributed by atoms with Crippen LogP contribution in [0.4, 0.5) is 4.79 Å². The van der Waals surface area contributed by atoms with E-state index in [1.54, 1.807) is 0 Å². The maximum Gasteiger partial charge on any atom is 0.407 e. The Labute approximate surface area is 84.6 Å². The number of alkyl carbamates (subject to hydrolysis) is 1. The van der Waals surface area contributed by atoms with E-state index < -0.39 is 0 Å². The fraction of sp³-hybridized carbons (Fsp3) is 0.900. The van der Waals surface area contributed by atoms with Crippen LogP contribution in [0.3, 0.4) is 0 Å². The zero-order valence-electron chi connectivity index (χ0n) is 8.82. The second-order valence-electron chi connectivity index (χ2n) is 4.36. The molecule has 0 heterocycles. The smallest absolute Gasteiger partial charge is 0.407 e. The van der Waals surface area contributed by atoms with E-state index in [0.29, 0.717) is 25.0 Å². The molecule has 4 heteroatoms. The lowest BCUT2D eigenvalue weighted by atomic mass is 9.82. The van der Waals surface area contributed by atoms with Crippen molar-refractivity contribution in [3.05, 3.63) is 0 Å². The average molecular weight is 201 g/mol. The molecule has 4 nitrogen and oxygen atoms in total. The summed E-state index contributed by atoms with van der Waals surface area (Å²) in [6.45, 7) is 5.07. The molecule has 0 aliphatic heterocycles. The molecule has 0 aromatic heterocycles. The topological polar surface area (TPSA) is 58.6 Å². The van der Waals surface area contributed by atoms with Crippen molar-refractivity contribution in [2.45, 2.75) is 32.8 Å². The number of hydrogen-bond donors (Lipinski definition) is 2. The lowest BCUT2D eigenvalue weighted by molar-refractivity contribution is 0.0417. The van der Waals surface area contributed by atoms with Crippen LogP contribution in [0, 0.1) is 11.8 Å². The quantitative estimate of drug-likeness (QED) is 0.717. The van der Waals surface area contributed by atoms with Crippen LogP contribution in [-0.2, 0) is 4.74 Å². The van der Waals surface area contributed by atoms with Crippen LogP contribution < -0.4 is 5.32 Å². The third-order valence-corrected chi connectivity index (χ3v) is 2.29. The van der Waals surface area contributed by atoms with E-state index in [4.69, 9.17) is 9.84 Å². The molecule has 0 saturated heterocycles. The van der Waals surface area contributed by atoms with Gasteiger partial charge in [-0.2, -0.15) is 0 Å². The Balaban J connectivity index is 1.98. The van der Waals surface area contributed by atoms with E-state index in [9.17, 15) is 4.79 Å². The van der Waals surface area contributed by atoms with Gasteiger partial charge in [0.2, 0.25) is 0 Å². The minimum atomic E-state index is -0.347. The van der Waals surface area contributed by atoms with Crippen molar-refractivity contribution in [1.29, 1.82) is 0 Å². The summed E-state index contributed by atoms with van der Waals surface area (Å²) in [5.41, 5.74) is 0. The van der Waals surface area contributed by atoms with Gasteiger partial charge in [0, 0.05) is 6.54 Å². The first-order valence-electron chi connectivity index (χ1n) is 5.16. The Hall–Kier alpha value is -0.770. The minimum Gasteiger partial charge on any atom is -0.449 e. The van der Waals surface area contributed by atoms with Crippen LogP contribution in [0.15, 0.2) is 0 Å². The fourth-order valence-corrected chi connectivity index (χ4v) is 1.39. The molecule has 14 heavy (non-hydrogen) atoms. The fourth-order valence-electron chi connectivity index (χ4n) is 1.39. The number of amides is 1. The molecule has 0 spiro atoms. The summed E-state index contributed by atoms with van der Waals surface area (Å²) in [4.78, 5) is 11.1. The van der Waals surface area contributed by atoms with Crippen LogP contribution in [0.5, 0.6) is 0 Å². The van der Waals surface area contributed by atoms with Crippen LogP contribution in [0.25, 0.3) is 0 Å². The van der Waals surface area contributed by atoms with Crippen molar-refractivity contribution >= 4 is 6.09 Å². The minimum absolute atomic E-state index is 0.159. The van der Waals surface area contributed by atoms with Crippen molar-refractivity contribution < 1.29 is 14.6 Å². The summed E-state index contributed by atoms with van der Waals surface area (Å²) in [6, 6.07) is 0. The molecule has 0 aromatic carbocycles. The molecular weight excluding hydrogens is 182 g/mol. The highest BCUT2D eigenvalue weighted by Gasteiger charge is 2.27. The summed E-state index contributed by atoms with van der Waals surface area (Å²) in [5.74, 6) is 0.794. The molecule has 1 rings (SSSR count). The molecule has 1 fully saturated rings. The van der Waals surface area contributed by atoms with Gasteiger partial charge in [0.25, 0.3) is 0 Å². The number of aliphatic hydroxyl groups is 1. The molecule has 0 aromatic rings. The highest BCUT2D eigenvalue weighted by atomic mass is 16.5. The molecule has 1 aliphatic carbocycles. The summed E-state index contributed by atoms with van der Waals surface area (Å²) in [7, 11) is 0. The number of ether oxygens (including phenoxy) is 1. The van der Waals surface area contributed by atoms with E-state index in [2.05, 4.69) is 5.32 Å². The van der Waals surface area contributed by atoms with Gasteiger partial charge in [0.05, 0.1) is 12.7 Å². The summed E-state index contributed by atoms with van der Waals surface area (Å²) in [5, 5.41) is 11.7. The van der Waals surface area contributed by atoms with E-state index in [0.717, 1.165) is 12.8 Å². The van der Waals surface area contributed by atoms with Crippen molar-refractivity contribution in [1.82, 2.24) is 5.32 Å². The zero-order chi connectivity index (χ0) is 10.6. The van der Waals surface area contributed by atoms with Crippen LogP contribution >= 0.6 is 0 Å². The van der Waals surface area contributed by atoms with Gasteiger partial charge in [-0.15, -0.1) is 0 Å². The molecule has 1 aliphatic rings. The lowest BCUT2D eigenvalue weighted by Gasteiger charge is -2.31. The molecule has 0 atom stereocenters. The number of rotatable bonds is 4. The van der Waals surface area contributed by atoms with E-state index in [1.807, 2.05) is 13.8 Å². The van der Waals surface area contributed by atoms with Gasteiger partial charge in [-0.1, -0.05) is 13.8 Å². The van der Waals surface area contributed by atoms with Gasteiger partial charge in [0.1, 0.15) is 0 Å². The van der Waals surface area contributed by atoms with E-state index in [1.165, 1.54) is 0 Å². The highest BCUT2D eigenvalue weighted by molar-refractivity contribution is 5.67. The number of aliphatic hydroxyl groups excluding tert-OH is 1. The number of carbonyl (C=O) groups excluding carboxylic acids is 1. The molecule has 2 N–H and O–H groups in total. The van der Waals surface area contributed by atoms with Crippen molar-refractivity contribution in [3.63, 3.8) is 0 Å². The Bertz CT molecular complexity index is 188.